The van der Waals surface area contributed by atoms with E-state index in [1.165, 1.54) is 0 Å². The largest absolute Gasteiger partial charge is 0.341 e. The molecule has 0 unspecified atom stereocenters. The molecule has 0 aliphatic carbocycles. The van der Waals surface area contributed by atoms with Crippen molar-refractivity contribution in [3.05, 3.63) is 47.6 Å². The molecule has 0 bridgehead atoms. The second-order valence-corrected chi connectivity index (χ2v) is 3.21. The highest BCUT2D eigenvalue weighted by Crippen LogP contribution is 2.06. The van der Waals surface area contributed by atoms with Crippen molar-refractivity contribution in [1.82, 2.24) is 4.57 Å². The first-order valence-electron chi connectivity index (χ1n) is 5.00. The van der Waals surface area contributed by atoms with E-state index in [1.807, 2.05) is 18.2 Å². The number of allylic oxidation sites excluding steroid dienone is 1. The topological polar surface area (TPSA) is 4.93 Å². The summed E-state index contributed by atoms with van der Waals surface area (Å²) in [6.07, 6.45) is 7.41. The number of rotatable bonds is 4. The minimum Gasteiger partial charge on any atom is -0.341 e. The van der Waals surface area contributed by atoms with Crippen molar-refractivity contribution in [3.8, 4) is 0 Å². The summed E-state index contributed by atoms with van der Waals surface area (Å²) in [6, 6.07) is 0. The zero-order valence-electron chi connectivity index (χ0n) is 9.29. The fraction of sp³-hybridized carbons (Fsp3) is 0.143. The summed E-state index contributed by atoms with van der Waals surface area (Å²) in [5.74, 6) is 0. The van der Waals surface area contributed by atoms with Crippen LogP contribution in [0.4, 0.5) is 0 Å². The molecule has 0 saturated heterocycles. The molecule has 0 saturated carbocycles. The van der Waals surface area contributed by atoms with E-state index in [0.717, 1.165) is 28.4 Å². The van der Waals surface area contributed by atoms with E-state index in [1.54, 1.807) is 6.08 Å². The Bertz CT molecular complexity index is 500. The third-order valence-corrected chi connectivity index (χ3v) is 2.49. The SMILES string of the molecule is C=C/C=c1/c(C=C)c(C=C)n(CC)c1=C. The van der Waals surface area contributed by atoms with Crippen LogP contribution in [0.5, 0.6) is 0 Å². The lowest BCUT2D eigenvalue weighted by Gasteiger charge is -2.02. The maximum absolute atomic E-state index is 4.08. The van der Waals surface area contributed by atoms with Crippen molar-refractivity contribution < 1.29 is 0 Å². The maximum atomic E-state index is 4.08. The summed E-state index contributed by atoms with van der Waals surface area (Å²) in [7, 11) is 0. The van der Waals surface area contributed by atoms with Crippen LogP contribution < -0.4 is 10.6 Å². The van der Waals surface area contributed by atoms with Crippen LogP contribution >= 0.6 is 0 Å². The third-order valence-electron chi connectivity index (χ3n) is 2.49. The first kappa shape index (κ1) is 11.3. The third kappa shape index (κ3) is 1.73. The van der Waals surface area contributed by atoms with Gasteiger partial charge in [0.25, 0.3) is 0 Å². The zero-order chi connectivity index (χ0) is 11.4. The summed E-state index contributed by atoms with van der Waals surface area (Å²) >= 11 is 0. The summed E-state index contributed by atoms with van der Waals surface area (Å²) in [6.45, 7) is 18.4. The molecule has 78 valence electrons. The Morgan fingerprint density at radius 3 is 2.27 bits per heavy atom. The van der Waals surface area contributed by atoms with Crippen molar-refractivity contribution in [2.24, 2.45) is 0 Å². The second-order valence-electron chi connectivity index (χ2n) is 3.21. The highest BCUT2D eigenvalue weighted by molar-refractivity contribution is 5.64. The molecule has 0 aromatic carbocycles. The van der Waals surface area contributed by atoms with Gasteiger partial charge in [0, 0.05) is 28.4 Å². The summed E-state index contributed by atoms with van der Waals surface area (Å²) in [4.78, 5) is 0. The molecule has 0 N–H and O–H groups in total. The minimum atomic E-state index is 0.881. The van der Waals surface area contributed by atoms with E-state index in [9.17, 15) is 0 Å². The van der Waals surface area contributed by atoms with Gasteiger partial charge in [-0.2, -0.15) is 0 Å². The molecule has 0 spiro atoms. The van der Waals surface area contributed by atoms with Crippen molar-refractivity contribution in [3.63, 3.8) is 0 Å². The quantitative estimate of drug-likeness (QED) is 0.700. The molecule has 0 fully saturated rings. The van der Waals surface area contributed by atoms with Crippen molar-refractivity contribution in [2.75, 3.05) is 0 Å². The van der Waals surface area contributed by atoms with Crippen LogP contribution in [-0.2, 0) is 6.54 Å². The van der Waals surface area contributed by atoms with Crippen LogP contribution in [-0.4, -0.2) is 4.57 Å². The van der Waals surface area contributed by atoms with Gasteiger partial charge in [-0.1, -0.05) is 44.5 Å². The Kier molecular flexibility index (Phi) is 3.51. The molecule has 1 aromatic heterocycles. The number of aromatic nitrogens is 1. The normalized spacial score (nSPS) is 11.4. The molecule has 1 heterocycles. The number of hydrogen-bond donors (Lipinski definition) is 0. The van der Waals surface area contributed by atoms with E-state index in [0.29, 0.717) is 0 Å². The van der Waals surface area contributed by atoms with Gasteiger partial charge >= 0.3 is 0 Å². The highest BCUT2D eigenvalue weighted by Gasteiger charge is 2.06. The van der Waals surface area contributed by atoms with Crippen molar-refractivity contribution >= 4 is 24.8 Å². The van der Waals surface area contributed by atoms with E-state index in [-0.39, 0.29) is 0 Å². The number of nitrogens with zero attached hydrogens (tertiary/aromatic N) is 1. The molecular formula is C14H17N. The predicted octanol–water partition coefficient (Wildman–Crippen LogP) is 2.17. The molecule has 0 aliphatic heterocycles. The van der Waals surface area contributed by atoms with Gasteiger partial charge in [-0.25, -0.2) is 0 Å². The maximum Gasteiger partial charge on any atom is 0.0484 e. The average molecular weight is 199 g/mol. The molecule has 1 heteroatoms. The van der Waals surface area contributed by atoms with E-state index < -0.39 is 0 Å². The van der Waals surface area contributed by atoms with Gasteiger partial charge in [0.1, 0.15) is 0 Å². The van der Waals surface area contributed by atoms with Gasteiger partial charge in [0.05, 0.1) is 0 Å². The minimum absolute atomic E-state index is 0.881. The van der Waals surface area contributed by atoms with Gasteiger partial charge in [0.2, 0.25) is 0 Å². The lowest BCUT2D eigenvalue weighted by Crippen LogP contribution is -2.27. The Labute approximate surface area is 91.1 Å². The zero-order valence-corrected chi connectivity index (χ0v) is 9.29. The standard InChI is InChI=1S/C14H17N/c1-6-10-13-11(5)15(9-4)14(8-3)12(13)7-2/h6-8,10H,1-3,5,9H2,4H3/b13-10+. The van der Waals surface area contributed by atoms with Gasteiger partial charge < -0.3 is 4.57 Å². The highest BCUT2D eigenvalue weighted by atomic mass is 15.0. The second kappa shape index (κ2) is 4.65. The smallest absolute Gasteiger partial charge is 0.0484 e. The van der Waals surface area contributed by atoms with E-state index >= 15 is 0 Å². The van der Waals surface area contributed by atoms with Crippen LogP contribution in [0.1, 0.15) is 18.2 Å². The van der Waals surface area contributed by atoms with Crippen molar-refractivity contribution in [2.45, 2.75) is 13.5 Å². The van der Waals surface area contributed by atoms with Crippen LogP contribution in [0.2, 0.25) is 0 Å². The van der Waals surface area contributed by atoms with E-state index in [4.69, 9.17) is 0 Å². The molecule has 0 radical (unpaired) electrons. The Morgan fingerprint density at radius 2 is 1.87 bits per heavy atom. The van der Waals surface area contributed by atoms with Crippen LogP contribution in [0.3, 0.4) is 0 Å². The summed E-state index contributed by atoms with van der Waals surface area (Å²) < 4.78 is 2.12. The molecule has 0 atom stereocenters. The van der Waals surface area contributed by atoms with Gasteiger partial charge in [-0.3, -0.25) is 0 Å². The Hall–Kier alpha value is -1.76. The van der Waals surface area contributed by atoms with E-state index in [2.05, 4.69) is 37.8 Å². The molecule has 1 rings (SSSR count). The monoisotopic (exact) mass is 199 g/mol. The lowest BCUT2D eigenvalue weighted by molar-refractivity contribution is 0.738. The lowest BCUT2D eigenvalue weighted by atomic mass is 10.2. The van der Waals surface area contributed by atoms with Crippen LogP contribution in [0.15, 0.2) is 25.8 Å². The molecule has 15 heavy (non-hydrogen) atoms. The van der Waals surface area contributed by atoms with Gasteiger partial charge in [-0.15, -0.1) is 0 Å². The molecule has 0 aliphatic rings. The first-order chi connectivity index (χ1) is 7.21. The summed E-state index contributed by atoms with van der Waals surface area (Å²) in [5.41, 5.74) is 2.15. The van der Waals surface area contributed by atoms with Crippen LogP contribution in [0.25, 0.3) is 24.8 Å². The summed E-state index contributed by atoms with van der Waals surface area (Å²) in [5, 5.41) is 2.07. The van der Waals surface area contributed by atoms with Gasteiger partial charge in [0.15, 0.2) is 0 Å². The molecule has 0 amide bonds. The average Bonchev–Trinajstić information content (AvgIpc) is 2.51. The van der Waals surface area contributed by atoms with Gasteiger partial charge in [-0.05, 0) is 13.0 Å². The number of hydrogen-bond acceptors (Lipinski definition) is 0. The Morgan fingerprint density at radius 1 is 1.20 bits per heavy atom. The fourth-order valence-corrected chi connectivity index (χ4v) is 1.83. The Balaban J connectivity index is 3.82. The van der Waals surface area contributed by atoms with Crippen molar-refractivity contribution in [1.29, 1.82) is 0 Å². The molecule has 1 aromatic rings. The van der Waals surface area contributed by atoms with Crippen LogP contribution in [0, 0.1) is 0 Å². The molecular weight excluding hydrogens is 182 g/mol. The fourth-order valence-electron chi connectivity index (χ4n) is 1.83. The molecule has 1 nitrogen and oxygen atoms in total. The first-order valence-corrected chi connectivity index (χ1v) is 5.00. The predicted molar refractivity (Wildman–Crippen MR) is 69.7 cm³/mol.